The van der Waals surface area contributed by atoms with Gasteiger partial charge in [0.2, 0.25) is 0 Å². The smallest absolute Gasteiger partial charge is 0.129 e. The molecule has 0 saturated heterocycles. The van der Waals surface area contributed by atoms with Gasteiger partial charge in [0.05, 0.1) is 0 Å². The van der Waals surface area contributed by atoms with E-state index in [2.05, 4.69) is 61.1 Å². The minimum atomic E-state index is 0.147. The summed E-state index contributed by atoms with van der Waals surface area (Å²) in [5.74, 6) is 1.09. The van der Waals surface area contributed by atoms with E-state index in [-0.39, 0.29) is 5.54 Å². The molecule has 0 fully saturated rings. The van der Waals surface area contributed by atoms with E-state index in [0.29, 0.717) is 0 Å². The van der Waals surface area contributed by atoms with E-state index in [1.807, 2.05) is 6.20 Å². The van der Waals surface area contributed by atoms with Crippen molar-refractivity contribution in [2.24, 2.45) is 0 Å². The van der Waals surface area contributed by atoms with Crippen LogP contribution in [-0.2, 0) is 6.54 Å². The number of nitrogens with one attached hydrogen (secondary N) is 1. The van der Waals surface area contributed by atoms with Gasteiger partial charge < -0.3 is 10.2 Å². The fourth-order valence-electron chi connectivity index (χ4n) is 2.09. The molecule has 19 heavy (non-hydrogen) atoms. The van der Waals surface area contributed by atoms with Gasteiger partial charge in [0.25, 0.3) is 0 Å². The van der Waals surface area contributed by atoms with Crippen molar-refractivity contribution in [2.75, 3.05) is 18.0 Å². The van der Waals surface area contributed by atoms with Crippen LogP contribution < -0.4 is 10.2 Å². The van der Waals surface area contributed by atoms with Crippen LogP contribution in [-0.4, -0.2) is 23.6 Å². The Morgan fingerprint density at radius 2 is 2.16 bits per heavy atom. The number of nitrogens with zero attached hydrogens (tertiary/aromatic N) is 2. The second-order valence-corrected chi connectivity index (χ2v) is 6.37. The quantitative estimate of drug-likeness (QED) is 0.845. The van der Waals surface area contributed by atoms with E-state index in [9.17, 15) is 0 Å². The summed E-state index contributed by atoms with van der Waals surface area (Å²) in [6.45, 7) is 11.7. The molecule has 0 radical (unpaired) electrons. The van der Waals surface area contributed by atoms with E-state index in [4.69, 9.17) is 0 Å². The van der Waals surface area contributed by atoms with Crippen LogP contribution >= 0.6 is 0 Å². The van der Waals surface area contributed by atoms with Gasteiger partial charge in [-0.2, -0.15) is 0 Å². The van der Waals surface area contributed by atoms with Gasteiger partial charge in [-0.15, -0.1) is 0 Å². The summed E-state index contributed by atoms with van der Waals surface area (Å²) < 4.78 is 0. The average Bonchev–Trinajstić information content (AvgIpc) is 2.37. The molecule has 0 aliphatic carbocycles. The molecule has 0 aromatic carbocycles. The third-order valence-corrected chi connectivity index (χ3v) is 3.39. The second-order valence-electron chi connectivity index (χ2n) is 6.37. The van der Waals surface area contributed by atoms with Crippen LogP contribution in [0, 0.1) is 0 Å². The highest BCUT2D eigenvalue weighted by atomic mass is 15.2. The Balaban J connectivity index is 2.03. The Labute approximate surface area is 116 Å². The van der Waals surface area contributed by atoms with Crippen LogP contribution in [0.2, 0.25) is 0 Å². The fourth-order valence-corrected chi connectivity index (χ4v) is 2.09. The summed E-state index contributed by atoms with van der Waals surface area (Å²) in [4.78, 5) is 6.84. The lowest BCUT2D eigenvalue weighted by molar-refractivity contribution is 0.424. The SMILES string of the molecule is CC1=CCN(c2cc(CNC(C)(C)C)ccn2)CC1. The van der Waals surface area contributed by atoms with Gasteiger partial charge in [0.15, 0.2) is 0 Å². The van der Waals surface area contributed by atoms with Gasteiger partial charge in [-0.1, -0.05) is 11.6 Å². The van der Waals surface area contributed by atoms with Crippen molar-refractivity contribution in [3.8, 4) is 0 Å². The van der Waals surface area contributed by atoms with Crippen molar-refractivity contribution in [1.29, 1.82) is 0 Å². The van der Waals surface area contributed by atoms with Gasteiger partial charge in [0, 0.05) is 31.4 Å². The van der Waals surface area contributed by atoms with Crippen LogP contribution in [0.25, 0.3) is 0 Å². The highest BCUT2D eigenvalue weighted by Gasteiger charge is 2.12. The molecule has 0 unspecified atom stereocenters. The minimum Gasteiger partial charge on any atom is -0.353 e. The molecule has 3 nitrogen and oxygen atoms in total. The number of rotatable bonds is 3. The van der Waals surface area contributed by atoms with Gasteiger partial charge in [-0.25, -0.2) is 4.98 Å². The van der Waals surface area contributed by atoms with Crippen LogP contribution in [0.4, 0.5) is 5.82 Å². The standard InChI is InChI=1S/C16H25N3/c1-13-6-9-19(10-7-13)15-11-14(5-8-17-15)12-18-16(2,3)4/h5-6,8,11,18H,7,9-10,12H2,1-4H3. The third kappa shape index (κ3) is 4.35. The first-order chi connectivity index (χ1) is 8.94. The minimum absolute atomic E-state index is 0.147. The van der Waals surface area contributed by atoms with Crippen LogP contribution in [0.1, 0.15) is 39.7 Å². The monoisotopic (exact) mass is 259 g/mol. The normalized spacial score (nSPS) is 16.4. The maximum Gasteiger partial charge on any atom is 0.129 e. The highest BCUT2D eigenvalue weighted by Crippen LogP contribution is 2.18. The molecule has 1 aromatic rings. The predicted octanol–water partition coefficient (Wildman–Crippen LogP) is 3.13. The molecule has 3 heteroatoms. The zero-order valence-corrected chi connectivity index (χ0v) is 12.5. The topological polar surface area (TPSA) is 28.2 Å². The van der Waals surface area contributed by atoms with Crippen LogP contribution in [0.5, 0.6) is 0 Å². The summed E-state index contributed by atoms with van der Waals surface area (Å²) in [6, 6.07) is 4.29. The van der Waals surface area contributed by atoms with Crippen molar-refractivity contribution in [1.82, 2.24) is 10.3 Å². The summed E-state index contributed by atoms with van der Waals surface area (Å²) >= 11 is 0. The van der Waals surface area contributed by atoms with E-state index in [1.165, 1.54) is 11.1 Å². The van der Waals surface area contributed by atoms with Gasteiger partial charge >= 0.3 is 0 Å². The zero-order chi connectivity index (χ0) is 13.9. The van der Waals surface area contributed by atoms with Crippen LogP contribution in [0.15, 0.2) is 30.0 Å². The molecule has 2 heterocycles. The highest BCUT2D eigenvalue weighted by molar-refractivity contribution is 5.43. The Bertz CT molecular complexity index is 457. The molecule has 0 saturated carbocycles. The Kier molecular flexibility index (Phi) is 4.25. The molecule has 104 valence electrons. The molecule has 1 N–H and O–H groups in total. The third-order valence-electron chi connectivity index (χ3n) is 3.39. The maximum absolute atomic E-state index is 4.50. The van der Waals surface area contributed by atoms with E-state index < -0.39 is 0 Å². The lowest BCUT2D eigenvalue weighted by atomic mass is 10.1. The van der Waals surface area contributed by atoms with Gasteiger partial charge in [0.1, 0.15) is 5.82 Å². The Morgan fingerprint density at radius 3 is 2.79 bits per heavy atom. The van der Waals surface area contributed by atoms with Crippen molar-refractivity contribution >= 4 is 5.82 Å². The molecule has 0 atom stereocenters. The first kappa shape index (κ1) is 14.1. The largest absolute Gasteiger partial charge is 0.353 e. The predicted molar refractivity (Wildman–Crippen MR) is 81.4 cm³/mol. The number of anilines is 1. The molecular formula is C16H25N3. The first-order valence-electron chi connectivity index (χ1n) is 7.04. The maximum atomic E-state index is 4.50. The Morgan fingerprint density at radius 1 is 1.37 bits per heavy atom. The number of hydrogen-bond donors (Lipinski definition) is 1. The molecule has 1 aliphatic rings. The molecule has 1 aliphatic heterocycles. The van der Waals surface area contributed by atoms with Crippen molar-refractivity contribution in [3.05, 3.63) is 35.5 Å². The van der Waals surface area contributed by atoms with Crippen molar-refractivity contribution < 1.29 is 0 Å². The van der Waals surface area contributed by atoms with E-state index >= 15 is 0 Å². The second kappa shape index (κ2) is 5.74. The Hall–Kier alpha value is -1.35. The lowest BCUT2D eigenvalue weighted by Gasteiger charge is -2.27. The lowest BCUT2D eigenvalue weighted by Crippen LogP contribution is -2.35. The first-order valence-corrected chi connectivity index (χ1v) is 7.04. The fraction of sp³-hybridized carbons (Fsp3) is 0.562. The van der Waals surface area contributed by atoms with Crippen molar-refractivity contribution in [3.63, 3.8) is 0 Å². The molecule has 0 bridgehead atoms. The molecular weight excluding hydrogens is 234 g/mol. The molecule has 2 rings (SSSR count). The summed E-state index contributed by atoms with van der Waals surface area (Å²) in [6.07, 6.45) is 5.36. The number of pyridine rings is 1. The summed E-state index contributed by atoms with van der Waals surface area (Å²) in [5.41, 5.74) is 2.93. The van der Waals surface area contributed by atoms with Crippen LogP contribution in [0.3, 0.4) is 0 Å². The average molecular weight is 259 g/mol. The van der Waals surface area contributed by atoms with E-state index in [1.54, 1.807) is 0 Å². The summed E-state index contributed by atoms with van der Waals surface area (Å²) in [7, 11) is 0. The summed E-state index contributed by atoms with van der Waals surface area (Å²) in [5, 5.41) is 3.52. The molecule has 1 aromatic heterocycles. The number of aromatic nitrogens is 1. The van der Waals surface area contributed by atoms with Gasteiger partial charge in [-0.3, -0.25) is 0 Å². The van der Waals surface area contributed by atoms with Gasteiger partial charge in [-0.05, 0) is 51.8 Å². The van der Waals surface area contributed by atoms with Crippen molar-refractivity contribution in [2.45, 2.75) is 46.2 Å². The number of hydrogen-bond acceptors (Lipinski definition) is 3. The zero-order valence-electron chi connectivity index (χ0n) is 12.5. The molecule has 0 amide bonds. The van der Waals surface area contributed by atoms with E-state index in [0.717, 1.165) is 31.9 Å². The molecule has 0 spiro atoms.